The van der Waals surface area contributed by atoms with E-state index in [9.17, 15) is 14.0 Å². The molecule has 2 amide bonds. The number of amides is 2. The summed E-state index contributed by atoms with van der Waals surface area (Å²) in [4.78, 5) is 24.4. The first-order valence-corrected chi connectivity index (χ1v) is 11.3. The van der Waals surface area contributed by atoms with Gasteiger partial charge in [-0.1, -0.05) is 42.5 Å². The van der Waals surface area contributed by atoms with Crippen molar-refractivity contribution in [1.29, 1.82) is 0 Å². The smallest absolute Gasteiger partial charge is 0.407 e. The highest BCUT2D eigenvalue weighted by atomic mass is 19.1. The van der Waals surface area contributed by atoms with Gasteiger partial charge in [-0.05, 0) is 53.9 Å². The maximum Gasteiger partial charge on any atom is 0.407 e. The number of benzene rings is 3. The topological polar surface area (TPSA) is 98.2 Å². The average Bonchev–Trinajstić information content (AvgIpc) is 2.89. The summed E-state index contributed by atoms with van der Waals surface area (Å²) in [5.41, 5.74) is 4.73. The van der Waals surface area contributed by atoms with Gasteiger partial charge in [0.05, 0.1) is 32.4 Å². The summed E-state index contributed by atoms with van der Waals surface area (Å²) in [7, 11) is 1.52. The molecule has 36 heavy (non-hydrogen) atoms. The number of ether oxygens (including phenoxy) is 3. The first kappa shape index (κ1) is 26.2. The van der Waals surface area contributed by atoms with Gasteiger partial charge >= 0.3 is 6.09 Å². The molecular weight excluding hydrogens is 465 g/mol. The molecule has 188 valence electrons. The van der Waals surface area contributed by atoms with Crippen LogP contribution in [0.2, 0.25) is 0 Å². The molecule has 9 heteroatoms. The van der Waals surface area contributed by atoms with Gasteiger partial charge in [-0.25, -0.2) is 14.6 Å². The van der Waals surface area contributed by atoms with E-state index in [1.807, 2.05) is 30.3 Å². The lowest BCUT2D eigenvalue weighted by molar-refractivity contribution is -0.121. The molecule has 0 bridgehead atoms. The van der Waals surface area contributed by atoms with Crippen LogP contribution in [0.4, 0.5) is 9.18 Å². The second-order valence-electron chi connectivity index (χ2n) is 7.65. The van der Waals surface area contributed by atoms with Gasteiger partial charge in [-0.2, -0.15) is 5.10 Å². The molecule has 3 rings (SSSR count). The van der Waals surface area contributed by atoms with Gasteiger partial charge in [0.2, 0.25) is 5.91 Å². The van der Waals surface area contributed by atoms with Crippen LogP contribution in [-0.2, 0) is 16.1 Å². The lowest BCUT2D eigenvalue weighted by Gasteiger charge is -2.18. The van der Waals surface area contributed by atoms with Crippen molar-refractivity contribution in [2.75, 3.05) is 13.7 Å². The highest BCUT2D eigenvalue weighted by Crippen LogP contribution is 2.28. The van der Waals surface area contributed by atoms with E-state index in [4.69, 9.17) is 14.2 Å². The molecule has 2 N–H and O–H groups in total. The maximum absolute atomic E-state index is 13.1. The summed E-state index contributed by atoms with van der Waals surface area (Å²) in [5.74, 6) is 0.301. The standard InChI is InChI=1S/C27H28FN3O5/c1-3-35-27(33)30-23(21-7-5-4-6-8-21)16-26(32)31-29-17-20-11-14-24(25(15-20)34-2)36-18-19-9-12-22(28)13-10-19/h4-15,17,23H,3,16,18H2,1-2H3,(H,30,33)(H,31,32)/b29-17-/t23-/m0/s1. The van der Waals surface area contributed by atoms with E-state index in [-0.39, 0.29) is 31.4 Å². The second-order valence-corrected chi connectivity index (χ2v) is 7.65. The first-order valence-electron chi connectivity index (χ1n) is 11.3. The predicted octanol–water partition coefficient (Wildman–Crippen LogP) is 4.74. The van der Waals surface area contributed by atoms with Gasteiger partial charge in [-0.3, -0.25) is 4.79 Å². The van der Waals surface area contributed by atoms with Crippen LogP contribution in [0, 0.1) is 5.82 Å². The van der Waals surface area contributed by atoms with Gasteiger partial charge < -0.3 is 19.5 Å². The number of hydrazone groups is 1. The molecule has 0 aliphatic heterocycles. The van der Waals surface area contributed by atoms with Crippen molar-refractivity contribution in [2.45, 2.75) is 26.0 Å². The van der Waals surface area contributed by atoms with Crippen LogP contribution < -0.4 is 20.2 Å². The fraction of sp³-hybridized carbons (Fsp3) is 0.222. The lowest BCUT2D eigenvalue weighted by Crippen LogP contribution is -2.33. The number of carbonyl (C=O) groups excluding carboxylic acids is 2. The van der Waals surface area contributed by atoms with Gasteiger partial charge in [0, 0.05) is 0 Å². The Morgan fingerprint density at radius 1 is 1.03 bits per heavy atom. The molecule has 3 aromatic carbocycles. The molecule has 8 nitrogen and oxygen atoms in total. The minimum absolute atomic E-state index is 0.0281. The third-order valence-electron chi connectivity index (χ3n) is 5.06. The summed E-state index contributed by atoms with van der Waals surface area (Å²) in [6.07, 6.45) is 0.844. The van der Waals surface area contributed by atoms with Crippen molar-refractivity contribution in [1.82, 2.24) is 10.7 Å². The van der Waals surface area contributed by atoms with Gasteiger partial charge in [-0.15, -0.1) is 0 Å². The fourth-order valence-electron chi connectivity index (χ4n) is 3.29. The summed E-state index contributed by atoms with van der Waals surface area (Å²) < 4.78 is 29.2. The predicted molar refractivity (Wildman–Crippen MR) is 133 cm³/mol. The zero-order valence-corrected chi connectivity index (χ0v) is 20.1. The molecule has 0 fully saturated rings. The lowest BCUT2D eigenvalue weighted by atomic mass is 10.0. The van der Waals surface area contributed by atoms with Crippen molar-refractivity contribution < 1.29 is 28.2 Å². The molecule has 0 saturated carbocycles. The van der Waals surface area contributed by atoms with E-state index in [0.29, 0.717) is 17.1 Å². The Balaban J connectivity index is 1.58. The van der Waals surface area contributed by atoms with Crippen LogP contribution in [0.25, 0.3) is 0 Å². The van der Waals surface area contributed by atoms with Gasteiger partial charge in [0.15, 0.2) is 11.5 Å². The third-order valence-corrected chi connectivity index (χ3v) is 5.06. The second kappa shape index (κ2) is 13.5. The fourth-order valence-corrected chi connectivity index (χ4v) is 3.29. The van der Waals surface area contributed by atoms with E-state index in [2.05, 4.69) is 15.8 Å². The van der Waals surface area contributed by atoms with E-state index in [0.717, 1.165) is 11.1 Å². The molecule has 0 saturated heterocycles. The van der Waals surface area contributed by atoms with Crippen molar-refractivity contribution >= 4 is 18.2 Å². The third kappa shape index (κ3) is 8.12. The highest BCUT2D eigenvalue weighted by Gasteiger charge is 2.18. The number of nitrogens with zero attached hydrogens (tertiary/aromatic N) is 1. The Hall–Kier alpha value is -4.40. The number of alkyl carbamates (subject to hydrolysis) is 1. The SMILES string of the molecule is CCOC(=O)N[C@@H](CC(=O)N/N=C\c1ccc(OCc2ccc(F)cc2)c(OC)c1)c1ccccc1. The molecule has 0 heterocycles. The summed E-state index contributed by atoms with van der Waals surface area (Å²) in [5, 5.41) is 6.71. The van der Waals surface area contributed by atoms with Crippen LogP contribution >= 0.6 is 0 Å². The monoisotopic (exact) mass is 493 g/mol. The normalized spacial score (nSPS) is 11.5. The molecular formula is C27H28FN3O5. The molecule has 0 aliphatic rings. The Kier molecular flexibility index (Phi) is 9.81. The molecule has 0 unspecified atom stereocenters. The Morgan fingerprint density at radius 2 is 1.78 bits per heavy atom. The van der Waals surface area contributed by atoms with Crippen LogP contribution in [0.3, 0.4) is 0 Å². The molecule has 0 aliphatic carbocycles. The minimum atomic E-state index is -0.600. The van der Waals surface area contributed by atoms with Crippen LogP contribution in [0.5, 0.6) is 11.5 Å². The zero-order chi connectivity index (χ0) is 25.8. The largest absolute Gasteiger partial charge is 0.493 e. The van der Waals surface area contributed by atoms with Gasteiger partial charge in [0.1, 0.15) is 12.4 Å². The Labute approximate surface area is 209 Å². The number of methoxy groups -OCH3 is 1. The van der Waals surface area contributed by atoms with Crippen molar-refractivity contribution in [2.24, 2.45) is 5.10 Å². The van der Waals surface area contributed by atoms with E-state index < -0.39 is 12.1 Å². The molecule has 1 atom stereocenters. The van der Waals surface area contributed by atoms with E-state index >= 15 is 0 Å². The Morgan fingerprint density at radius 3 is 2.47 bits per heavy atom. The molecule has 0 radical (unpaired) electrons. The van der Waals surface area contributed by atoms with Crippen molar-refractivity contribution in [3.05, 3.63) is 95.3 Å². The first-order chi connectivity index (χ1) is 17.5. The van der Waals surface area contributed by atoms with E-state index in [1.165, 1.54) is 25.5 Å². The maximum atomic E-state index is 13.1. The number of nitrogens with one attached hydrogen (secondary N) is 2. The van der Waals surface area contributed by atoms with E-state index in [1.54, 1.807) is 37.3 Å². The molecule has 0 aromatic heterocycles. The molecule has 0 spiro atoms. The van der Waals surface area contributed by atoms with Crippen molar-refractivity contribution in [3.8, 4) is 11.5 Å². The summed E-state index contributed by atoms with van der Waals surface area (Å²) in [6, 6.07) is 19.8. The number of rotatable bonds is 11. The molecule has 3 aromatic rings. The van der Waals surface area contributed by atoms with Crippen LogP contribution in [0.1, 0.15) is 36.1 Å². The number of carbonyl (C=O) groups is 2. The van der Waals surface area contributed by atoms with Gasteiger partial charge in [0.25, 0.3) is 0 Å². The quantitative estimate of drug-likeness (QED) is 0.297. The zero-order valence-electron chi connectivity index (χ0n) is 20.1. The summed E-state index contributed by atoms with van der Waals surface area (Å²) in [6.45, 7) is 2.18. The van der Waals surface area contributed by atoms with Crippen LogP contribution in [0.15, 0.2) is 77.9 Å². The van der Waals surface area contributed by atoms with Crippen LogP contribution in [-0.4, -0.2) is 31.9 Å². The minimum Gasteiger partial charge on any atom is -0.493 e. The Bertz CT molecular complexity index is 1170. The highest BCUT2D eigenvalue weighted by molar-refractivity contribution is 5.83. The number of hydrogen-bond acceptors (Lipinski definition) is 6. The summed E-state index contributed by atoms with van der Waals surface area (Å²) >= 11 is 0. The average molecular weight is 494 g/mol. The number of hydrogen-bond donors (Lipinski definition) is 2. The number of halogens is 1. The van der Waals surface area contributed by atoms with Crippen molar-refractivity contribution in [3.63, 3.8) is 0 Å².